The lowest BCUT2D eigenvalue weighted by Gasteiger charge is -2.18. The molecule has 0 saturated heterocycles. The molecule has 22 heavy (non-hydrogen) atoms. The van der Waals surface area contributed by atoms with E-state index in [2.05, 4.69) is 39.8 Å². The number of benzene rings is 2. The van der Waals surface area contributed by atoms with Gasteiger partial charge in [-0.3, -0.25) is 0 Å². The smallest absolute Gasteiger partial charge is 0.126 e. The van der Waals surface area contributed by atoms with Gasteiger partial charge in [-0.05, 0) is 49.4 Å². The fourth-order valence-corrected chi connectivity index (χ4v) is 3.17. The maximum Gasteiger partial charge on any atom is 0.126 e. The molecule has 0 aromatic heterocycles. The summed E-state index contributed by atoms with van der Waals surface area (Å²) in [6.07, 6.45) is 2.36. The zero-order valence-corrected chi connectivity index (χ0v) is 13.9. The SMILES string of the molecule is CCC1Cc2c(C)c(OCc3ccccc3)c(C)c(C)c2O1. The largest absolute Gasteiger partial charge is 0.490 e. The third-order valence-corrected chi connectivity index (χ3v) is 4.71. The maximum absolute atomic E-state index is 6.17. The first-order valence-electron chi connectivity index (χ1n) is 8.07. The summed E-state index contributed by atoms with van der Waals surface area (Å²) in [5.41, 5.74) is 6.19. The van der Waals surface area contributed by atoms with Gasteiger partial charge >= 0.3 is 0 Å². The summed E-state index contributed by atoms with van der Waals surface area (Å²) in [6, 6.07) is 10.3. The number of hydrogen-bond acceptors (Lipinski definition) is 2. The molecule has 0 radical (unpaired) electrons. The molecular weight excluding hydrogens is 272 g/mol. The maximum atomic E-state index is 6.17. The van der Waals surface area contributed by atoms with Gasteiger partial charge in [-0.2, -0.15) is 0 Å². The Balaban J connectivity index is 1.91. The Kier molecular flexibility index (Phi) is 4.10. The van der Waals surface area contributed by atoms with Gasteiger partial charge in [0.25, 0.3) is 0 Å². The first-order chi connectivity index (χ1) is 10.6. The van der Waals surface area contributed by atoms with Gasteiger partial charge in [0.1, 0.15) is 24.2 Å². The van der Waals surface area contributed by atoms with Crippen molar-refractivity contribution in [2.75, 3.05) is 0 Å². The van der Waals surface area contributed by atoms with E-state index >= 15 is 0 Å². The van der Waals surface area contributed by atoms with E-state index in [-0.39, 0.29) is 0 Å². The van der Waals surface area contributed by atoms with Gasteiger partial charge in [-0.25, -0.2) is 0 Å². The predicted molar refractivity (Wildman–Crippen MR) is 89.8 cm³/mol. The minimum absolute atomic E-state index is 0.316. The van der Waals surface area contributed by atoms with Crippen LogP contribution in [0.5, 0.6) is 11.5 Å². The zero-order chi connectivity index (χ0) is 15.7. The summed E-state index contributed by atoms with van der Waals surface area (Å²) in [6.45, 7) is 9.22. The van der Waals surface area contributed by atoms with Crippen molar-refractivity contribution in [3.63, 3.8) is 0 Å². The molecule has 0 N–H and O–H groups in total. The minimum atomic E-state index is 0.316. The first-order valence-corrected chi connectivity index (χ1v) is 8.07. The molecule has 2 heteroatoms. The highest BCUT2D eigenvalue weighted by atomic mass is 16.5. The van der Waals surface area contributed by atoms with E-state index in [1.807, 2.05) is 18.2 Å². The molecule has 2 aromatic rings. The van der Waals surface area contributed by atoms with Gasteiger partial charge in [-0.15, -0.1) is 0 Å². The van der Waals surface area contributed by atoms with E-state index in [1.54, 1.807) is 0 Å². The lowest BCUT2D eigenvalue weighted by Crippen LogP contribution is -2.10. The number of ether oxygens (including phenoxy) is 2. The van der Waals surface area contributed by atoms with E-state index in [4.69, 9.17) is 9.47 Å². The highest BCUT2D eigenvalue weighted by Crippen LogP contribution is 2.43. The molecule has 116 valence electrons. The standard InChI is InChI=1S/C20H24O2/c1-5-17-11-18-15(4)19(13(2)14(3)20(18)22-17)21-12-16-9-7-6-8-10-16/h6-10,17H,5,11-12H2,1-4H3. The van der Waals surface area contributed by atoms with E-state index in [1.165, 1.54) is 27.8 Å². The van der Waals surface area contributed by atoms with Crippen LogP contribution in [-0.2, 0) is 13.0 Å². The van der Waals surface area contributed by atoms with E-state index < -0.39 is 0 Å². The average molecular weight is 296 g/mol. The normalized spacial score (nSPS) is 16.3. The molecule has 2 nitrogen and oxygen atoms in total. The molecule has 0 spiro atoms. The van der Waals surface area contributed by atoms with Gasteiger partial charge in [0.2, 0.25) is 0 Å². The molecule has 1 heterocycles. The van der Waals surface area contributed by atoms with Crippen LogP contribution in [0.3, 0.4) is 0 Å². The Morgan fingerprint density at radius 2 is 1.77 bits per heavy atom. The van der Waals surface area contributed by atoms with Crippen LogP contribution in [0.2, 0.25) is 0 Å². The summed E-state index contributed by atoms with van der Waals surface area (Å²) in [7, 11) is 0. The lowest BCUT2D eigenvalue weighted by atomic mass is 9.95. The van der Waals surface area contributed by atoms with Crippen LogP contribution >= 0.6 is 0 Å². The molecule has 0 saturated carbocycles. The molecule has 1 aliphatic rings. The van der Waals surface area contributed by atoms with Crippen molar-refractivity contribution in [1.82, 2.24) is 0 Å². The monoisotopic (exact) mass is 296 g/mol. The van der Waals surface area contributed by atoms with Crippen molar-refractivity contribution in [2.24, 2.45) is 0 Å². The van der Waals surface area contributed by atoms with Crippen LogP contribution in [0.25, 0.3) is 0 Å². The Morgan fingerprint density at radius 1 is 1.05 bits per heavy atom. The second-order valence-electron chi connectivity index (χ2n) is 6.14. The van der Waals surface area contributed by atoms with E-state index in [0.717, 1.165) is 24.3 Å². The molecule has 0 amide bonds. The van der Waals surface area contributed by atoms with Crippen molar-refractivity contribution in [3.8, 4) is 11.5 Å². The summed E-state index contributed by atoms with van der Waals surface area (Å²) in [5, 5.41) is 0. The number of hydrogen-bond donors (Lipinski definition) is 0. The highest BCUT2D eigenvalue weighted by molar-refractivity contribution is 5.59. The van der Waals surface area contributed by atoms with Crippen molar-refractivity contribution in [1.29, 1.82) is 0 Å². The van der Waals surface area contributed by atoms with Crippen LogP contribution in [0.4, 0.5) is 0 Å². The van der Waals surface area contributed by atoms with Crippen LogP contribution < -0.4 is 9.47 Å². The first kappa shape index (κ1) is 15.0. The molecule has 0 fully saturated rings. The van der Waals surface area contributed by atoms with Crippen molar-refractivity contribution >= 4 is 0 Å². The van der Waals surface area contributed by atoms with E-state index in [9.17, 15) is 0 Å². The topological polar surface area (TPSA) is 18.5 Å². The number of fused-ring (bicyclic) bond motifs is 1. The Labute approximate surface area is 133 Å². The second kappa shape index (κ2) is 6.04. The molecule has 2 aromatic carbocycles. The van der Waals surface area contributed by atoms with Gasteiger partial charge in [0.05, 0.1) is 0 Å². The number of rotatable bonds is 4. The molecule has 0 bridgehead atoms. The average Bonchev–Trinajstić information content (AvgIpc) is 2.98. The quantitative estimate of drug-likeness (QED) is 0.798. The Morgan fingerprint density at radius 3 is 2.45 bits per heavy atom. The molecule has 1 aliphatic heterocycles. The Bertz CT molecular complexity index is 674. The third kappa shape index (κ3) is 2.58. The van der Waals surface area contributed by atoms with Gasteiger partial charge in [0, 0.05) is 12.0 Å². The fourth-order valence-electron chi connectivity index (χ4n) is 3.17. The van der Waals surface area contributed by atoms with Crippen molar-refractivity contribution < 1.29 is 9.47 Å². The summed E-state index contributed by atoms with van der Waals surface area (Å²) < 4.78 is 12.3. The van der Waals surface area contributed by atoms with Crippen LogP contribution in [0.1, 0.15) is 41.2 Å². The van der Waals surface area contributed by atoms with Gasteiger partial charge < -0.3 is 9.47 Å². The fraction of sp³-hybridized carbons (Fsp3) is 0.400. The van der Waals surface area contributed by atoms with E-state index in [0.29, 0.717) is 12.7 Å². The summed E-state index contributed by atoms with van der Waals surface area (Å²) in [4.78, 5) is 0. The molecule has 1 unspecified atom stereocenters. The lowest BCUT2D eigenvalue weighted by molar-refractivity contribution is 0.227. The van der Waals surface area contributed by atoms with Crippen molar-refractivity contribution in [3.05, 3.63) is 58.1 Å². The van der Waals surface area contributed by atoms with Crippen molar-refractivity contribution in [2.45, 2.75) is 53.2 Å². The van der Waals surface area contributed by atoms with Crippen LogP contribution in [-0.4, -0.2) is 6.10 Å². The highest BCUT2D eigenvalue weighted by Gasteiger charge is 2.28. The Hall–Kier alpha value is -1.96. The van der Waals surface area contributed by atoms with Crippen LogP contribution in [0.15, 0.2) is 30.3 Å². The van der Waals surface area contributed by atoms with Crippen LogP contribution in [0, 0.1) is 20.8 Å². The molecule has 1 atom stereocenters. The second-order valence-corrected chi connectivity index (χ2v) is 6.14. The molecule has 3 rings (SSSR count). The zero-order valence-electron chi connectivity index (χ0n) is 13.9. The summed E-state index contributed by atoms with van der Waals surface area (Å²) >= 11 is 0. The third-order valence-electron chi connectivity index (χ3n) is 4.71. The van der Waals surface area contributed by atoms with Gasteiger partial charge in [-0.1, -0.05) is 37.3 Å². The summed E-state index contributed by atoms with van der Waals surface area (Å²) in [5.74, 6) is 2.12. The predicted octanol–water partition coefficient (Wildman–Crippen LogP) is 4.90. The minimum Gasteiger partial charge on any atom is -0.490 e. The molecule has 0 aliphatic carbocycles. The molecular formula is C20H24O2. The van der Waals surface area contributed by atoms with Gasteiger partial charge in [0.15, 0.2) is 0 Å².